The number of anilines is 1. The largest absolute Gasteiger partial charge is 0.494 e. The first-order valence-electron chi connectivity index (χ1n) is 5.79. The summed E-state index contributed by atoms with van der Waals surface area (Å²) in [6.07, 6.45) is 1.50. The minimum atomic E-state index is -0.248. The summed E-state index contributed by atoms with van der Waals surface area (Å²) in [7, 11) is 0. The first-order valence-corrected chi connectivity index (χ1v) is 5.79. The first kappa shape index (κ1) is 12.2. The monoisotopic (exact) mass is 245 g/mol. The van der Waals surface area contributed by atoms with E-state index in [2.05, 4.69) is 5.32 Å². The molecule has 1 N–H and O–H groups in total. The van der Waals surface area contributed by atoms with Crippen molar-refractivity contribution in [3.8, 4) is 5.75 Å². The molecule has 0 aliphatic heterocycles. The van der Waals surface area contributed by atoms with Gasteiger partial charge in [-0.2, -0.15) is 0 Å². The van der Waals surface area contributed by atoms with Crippen LogP contribution in [0.25, 0.3) is 0 Å². The summed E-state index contributed by atoms with van der Waals surface area (Å²) in [5, 5.41) is 2.77. The molecule has 0 fully saturated rings. The van der Waals surface area contributed by atoms with Crippen molar-refractivity contribution >= 4 is 11.6 Å². The number of nitrogens with one attached hydrogen (secondary N) is 1. The zero-order valence-electron chi connectivity index (χ0n) is 10.4. The van der Waals surface area contributed by atoms with Crippen LogP contribution in [-0.4, -0.2) is 12.5 Å². The minimum absolute atomic E-state index is 0.248. The van der Waals surface area contributed by atoms with Gasteiger partial charge >= 0.3 is 0 Å². The van der Waals surface area contributed by atoms with Crippen LogP contribution in [0.3, 0.4) is 0 Å². The molecule has 0 unspecified atom stereocenters. The molecular formula is C14H15NO3. The second-order valence-corrected chi connectivity index (χ2v) is 3.84. The normalized spacial score (nSPS) is 10.1. The van der Waals surface area contributed by atoms with Crippen LogP contribution in [0.4, 0.5) is 5.69 Å². The smallest absolute Gasteiger partial charge is 0.291 e. The van der Waals surface area contributed by atoms with Crippen LogP contribution >= 0.6 is 0 Å². The first-order chi connectivity index (χ1) is 8.70. The van der Waals surface area contributed by atoms with Gasteiger partial charge in [-0.05, 0) is 44.2 Å². The molecule has 0 radical (unpaired) electrons. The summed E-state index contributed by atoms with van der Waals surface area (Å²) in [4.78, 5) is 11.9. The van der Waals surface area contributed by atoms with Crippen molar-refractivity contribution < 1.29 is 13.9 Å². The minimum Gasteiger partial charge on any atom is -0.494 e. The Labute approximate surface area is 106 Å². The Balaban J connectivity index is 2.05. The van der Waals surface area contributed by atoms with Crippen molar-refractivity contribution in [1.29, 1.82) is 0 Å². The van der Waals surface area contributed by atoms with Crippen LogP contribution in [0.5, 0.6) is 5.75 Å². The Bertz CT molecular complexity index is 528. The topological polar surface area (TPSA) is 51.5 Å². The number of hydrogen-bond donors (Lipinski definition) is 1. The molecule has 1 heterocycles. The van der Waals surface area contributed by atoms with Gasteiger partial charge in [-0.1, -0.05) is 0 Å². The van der Waals surface area contributed by atoms with E-state index in [9.17, 15) is 4.79 Å². The fraction of sp³-hybridized carbons (Fsp3) is 0.214. The molecule has 0 saturated carbocycles. The molecule has 0 saturated heterocycles. The third-order valence-electron chi connectivity index (χ3n) is 2.49. The zero-order valence-corrected chi connectivity index (χ0v) is 10.4. The Hall–Kier alpha value is -2.23. The van der Waals surface area contributed by atoms with E-state index in [1.807, 2.05) is 26.0 Å². The van der Waals surface area contributed by atoms with E-state index in [1.165, 1.54) is 6.26 Å². The fourth-order valence-corrected chi connectivity index (χ4v) is 1.59. The van der Waals surface area contributed by atoms with Crippen molar-refractivity contribution in [1.82, 2.24) is 0 Å². The summed E-state index contributed by atoms with van der Waals surface area (Å²) in [5.74, 6) is 0.871. The highest BCUT2D eigenvalue weighted by molar-refractivity contribution is 6.03. The number of carbonyl (C=O) groups is 1. The second kappa shape index (κ2) is 5.40. The van der Waals surface area contributed by atoms with Crippen molar-refractivity contribution in [2.24, 2.45) is 0 Å². The number of aryl methyl sites for hydroxylation is 1. The Morgan fingerprint density at radius 2 is 2.00 bits per heavy atom. The predicted molar refractivity (Wildman–Crippen MR) is 69.0 cm³/mol. The summed E-state index contributed by atoms with van der Waals surface area (Å²) >= 11 is 0. The number of carbonyl (C=O) groups excluding carboxylic acids is 1. The number of rotatable bonds is 4. The van der Waals surface area contributed by atoms with E-state index < -0.39 is 0 Å². The van der Waals surface area contributed by atoms with Gasteiger partial charge in [0.05, 0.1) is 12.9 Å². The van der Waals surface area contributed by atoms with Crippen molar-refractivity contribution in [2.75, 3.05) is 11.9 Å². The summed E-state index contributed by atoms with van der Waals surface area (Å²) in [6.45, 7) is 4.38. The molecule has 18 heavy (non-hydrogen) atoms. The molecular weight excluding hydrogens is 230 g/mol. The molecule has 0 aliphatic rings. The standard InChI is InChI=1S/C14H15NO3/c1-3-17-12-6-4-11(5-7-12)15-14(16)13-10(2)8-9-18-13/h4-9H,3H2,1-2H3,(H,15,16). The van der Waals surface area contributed by atoms with Crippen LogP contribution in [0.2, 0.25) is 0 Å². The van der Waals surface area contributed by atoms with Crippen molar-refractivity contribution in [3.05, 3.63) is 47.9 Å². The quantitative estimate of drug-likeness (QED) is 0.899. The average molecular weight is 245 g/mol. The van der Waals surface area contributed by atoms with Gasteiger partial charge < -0.3 is 14.5 Å². The van der Waals surface area contributed by atoms with Crippen LogP contribution in [0, 0.1) is 6.92 Å². The van der Waals surface area contributed by atoms with E-state index in [-0.39, 0.29) is 5.91 Å². The lowest BCUT2D eigenvalue weighted by Gasteiger charge is -2.06. The average Bonchev–Trinajstić information content (AvgIpc) is 2.78. The van der Waals surface area contributed by atoms with Gasteiger partial charge in [-0.15, -0.1) is 0 Å². The maximum absolute atomic E-state index is 11.9. The van der Waals surface area contributed by atoms with Gasteiger partial charge in [-0.3, -0.25) is 4.79 Å². The van der Waals surface area contributed by atoms with Crippen LogP contribution in [0.1, 0.15) is 23.0 Å². The molecule has 0 bridgehead atoms. The highest BCUT2D eigenvalue weighted by Gasteiger charge is 2.12. The summed E-state index contributed by atoms with van der Waals surface area (Å²) in [6, 6.07) is 8.97. The molecule has 2 aromatic rings. The zero-order chi connectivity index (χ0) is 13.0. The van der Waals surface area contributed by atoms with Gasteiger partial charge in [0.1, 0.15) is 5.75 Å². The summed E-state index contributed by atoms with van der Waals surface area (Å²) < 4.78 is 10.4. The highest BCUT2D eigenvalue weighted by atomic mass is 16.5. The molecule has 0 aliphatic carbocycles. The Morgan fingerprint density at radius 3 is 2.56 bits per heavy atom. The number of hydrogen-bond acceptors (Lipinski definition) is 3. The predicted octanol–water partition coefficient (Wildman–Crippen LogP) is 3.24. The molecule has 4 heteroatoms. The number of furan rings is 1. The fourth-order valence-electron chi connectivity index (χ4n) is 1.59. The number of amides is 1. The highest BCUT2D eigenvalue weighted by Crippen LogP contribution is 2.17. The SMILES string of the molecule is CCOc1ccc(NC(=O)c2occc2C)cc1. The molecule has 2 rings (SSSR count). The third kappa shape index (κ3) is 2.71. The van der Waals surface area contributed by atoms with Crippen LogP contribution < -0.4 is 10.1 Å². The molecule has 0 atom stereocenters. The van der Waals surface area contributed by atoms with Crippen LogP contribution in [0.15, 0.2) is 41.0 Å². The second-order valence-electron chi connectivity index (χ2n) is 3.84. The summed E-state index contributed by atoms with van der Waals surface area (Å²) in [5.41, 5.74) is 1.53. The van der Waals surface area contributed by atoms with Gasteiger partial charge in [0, 0.05) is 11.3 Å². The van der Waals surface area contributed by atoms with Gasteiger partial charge in [-0.25, -0.2) is 0 Å². The van der Waals surface area contributed by atoms with Gasteiger partial charge in [0.2, 0.25) is 0 Å². The molecule has 0 spiro atoms. The van der Waals surface area contributed by atoms with E-state index in [1.54, 1.807) is 18.2 Å². The van der Waals surface area contributed by atoms with E-state index in [0.29, 0.717) is 18.1 Å². The maximum atomic E-state index is 11.9. The number of ether oxygens (including phenoxy) is 1. The Kier molecular flexibility index (Phi) is 3.67. The molecule has 1 aromatic carbocycles. The van der Waals surface area contributed by atoms with E-state index >= 15 is 0 Å². The lowest BCUT2D eigenvalue weighted by molar-refractivity contribution is 0.0996. The van der Waals surface area contributed by atoms with Crippen molar-refractivity contribution in [3.63, 3.8) is 0 Å². The molecule has 1 amide bonds. The van der Waals surface area contributed by atoms with Crippen LogP contribution in [-0.2, 0) is 0 Å². The van der Waals surface area contributed by atoms with Gasteiger partial charge in [0.15, 0.2) is 5.76 Å². The number of benzene rings is 1. The molecule has 4 nitrogen and oxygen atoms in total. The molecule has 94 valence electrons. The molecule has 1 aromatic heterocycles. The van der Waals surface area contributed by atoms with Gasteiger partial charge in [0.25, 0.3) is 5.91 Å². The van der Waals surface area contributed by atoms with E-state index in [0.717, 1.165) is 11.3 Å². The maximum Gasteiger partial charge on any atom is 0.291 e. The van der Waals surface area contributed by atoms with Crippen molar-refractivity contribution in [2.45, 2.75) is 13.8 Å². The van der Waals surface area contributed by atoms with E-state index in [4.69, 9.17) is 9.15 Å². The lowest BCUT2D eigenvalue weighted by atomic mass is 10.2. The lowest BCUT2D eigenvalue weighted by Crippen LogP contribution is -2.11. The third-order valence-corrected chi connectivity index (χ3v) is 2.49. The Morgan fingerprint density at radius 1 is 1.28 bits per heavy atom.